The van der Waals surface area contributed by atoms with Crippen molar-refractivity contribution in [1.29, 1.82) is 0 Å². The van der Waals surface area contributed by atoms with Gasteiger partial charge in [0, 0.05) is 6.04 Å². The molecule has 5 nitrogen and oxygen atoms in total. The Bertz CT molecular complexity index is 866. The largest absolute Gasteiger partial charge is 0.352 e. The number of anilines is 1. The van der Waals surface area contributed by atoms with E-state index in [4.69, 9.17) is 0 Å². The van der Waals surface area contributed by atoms with E-state index in [1.54, 1.807) is 25.1 Å². The summed E-state index contributed by atoms with van der Waals surface area (Å²) >= 11 is 0. The quantitative estimate of drug-likeness (QED) is 0.755. The molecule has 0 unspecified atom stereocenters. The van der Waals surface area contributed by atoms with Crippen molar-refractivity contribution < 1.29 is 13.2 Å². The van der Waals surface area contributed by atoms with Gasteiger partial charge >= 0.3 is 0 Å². The Kier molecular flexibility index (Phi) is 7.02. The van der Waals surface area contributed by atoms with Gasteiger partial charge in [-0.05, 0) is 56.9 Å². The van der Waals surface area contributed by atoms with E-state index in [1.807, 2.05) is 38.1 Å². The van der Waals surface area contributed by atoms with Gasteiger partial charge in [-0.2, -0.15) is 0 Å². The first kappa shape index (κ1) is 21.0. The minimum atomic E-state index is -3.60. The third kappa shape index (κ3) is 6.10. The molecule has 0 aromatic heterocycles. The highest BCUT2D eigenvalue weighted by molar-refractivity contribution is 7.92. The summed E-state index contributed by atoms with van der Waals surface area (Å²) in [6, 6.07) is 16.3. The third-order valence-electron chi connectivity index (χ3n) is 4.44. The van der Waals surface area contributed by atoms with Crippen molar-refractivity contribution in [2.45, 2.75) is 45.7 Å². The summed E-state index contributed by atoms with van der Waals surface area (Å²) in [5, 5.41) is 2.94. The molecule has 146 valence electrons. The maximum absolute atomic E-state index is 12.7. The Morgan fingerprint density at radius 2 is 1.74 bits per heavy atom. The van der Waals surface area contributed by atoms with Crippen LogP contribution in [-0.2, 0) is 21.2 Å². The summed E-state index contributed by atoms with van der Waals surface area (Å²) in [4.78, 5) is 12.7. The first-order chi connectivity index (χ1) is 12.7. The minimum absolute atomic E-state index is 0.0564. The van der Waals surface area contributed by atoms with Gasteiger partial charge in [-0.3, -0.25) is 9.10 Å². The predicted molar refractivity (Wildman–Crippen MR) is 110 cm³/mol. The van der Waals surface area contributed by atoms with E-state index in [0.717, 1.165) is 24.7 Å². The highest BCUT2D eigenvalue weighted by Crippen LogP contribution is 2.22. The molecule has 27 heavy (non-hydrogen) atoms. The van der Waals surface area contributed by atoms with Gasteiger partial charge in [-0.15, -0.1) is 0 Å². The number of nitrogens with one attached hydrogen (secondary N) is 1. The predicted octanol–water partition coefficient (Wildman–Crippen LogP) is 3.29. The lowest BCUT2D eigenvalue weighted by molar-refractivity contribution is -0.122. The number of aryl methyl sites for hydroxylation is 2. The van der Waals surface area contributed by atoms with Crippen LogP contribution in [0.5, 0.6) is 0 Å². The standard InChI is InChI=1S/C21H28N2O3S/c1-16-9-8-12-20(15-16)23(27(4,25)26)18(3)21(24)22-17(2)13-14-19-10-6-5-7-11-19/h5-12,15,17-18H,13-14H2,1-4H3,(H,22,24)/t17-,18+/m0/s1. The van der Waals surface area contributed by atoms with Crippen LogP contribution in [0.4, 0.5) is 5.69 Å². The fourth-order valence-corrected chi connectivity index (χ4v) is 4.20. The summed E-state index contributed by atoms with van der Waals surface area (Å²) in [5.41, 5.74) is 2.64. The van der Waals surface area contributed by atoms with Crippen molar-refractivity contribution in [3.05, 3.63) is 65.7 Å². The van der Waals surface area contributed by atoms with Crippen LogP contribution < -0.4 is 9.62 Å². The van der Waals surface area contributed by atoms with E-state index in [0.29, 0.717) is 5.69 Å². The first-order valence-corrected chi connectivity index (χ1v) is 10.9. The third-order valence-corrected chi connectivity index (χ3v) is 5.68. The lowest BCUT2D eigenvalue weighted by atomic mass is 10.1. The summed E-state index contributed by atoms with van der Waals surface area (Å²) in [6.07, 6.45) is 2.76. The molecule has 0 radical (unpaired) electrons. The molecule has 0 fully saturated rings. The van der Waals surface area contributed by atoms with E-state index in [1.165, 1.54) is 9.87 Å². The summed E-state index contributed by atoms with van der Waals surface area (Å²) < 4.78 is 25.8. The Hall–Kier alpha value is -2.34. The minimum Gasteiger partial charge on any atom is -0.352 e. The Morgan fingerprint density at radius 1 is 1.07 bits per heavy atom. The monoisotopic (exact) mass is 388 g/mol. The number of rotatable bonds is 8. The van der Waals surface area contributed by atoms with E-state index in [-0.39, 0.29) is 11.9 Å². The number of hydrogen-bond acceptors (Lipinski definition) is 3. The topological polar surface area (TPSA) is 66.5 Å². The van der Waals surface area contributed by atoms with Crippen LogP contribution in [-0.4, -0.2) is 32.7 Å². The molecule has 2 aromatic rings. The van der Waals surface area contributed by atoms with Crippen molar-refractivity contribution in [3.63, 3.8) is 0 Å². The highest BCUT2D eigenvalue weighted by atomic mass is 32.2. The fraction of sp³-hybridized carbons (Fsp3) is 0.381. The van der Waals surface area contributed by atoms with Crippen LogP contribution >= 0.6 is 0 Å². The molecule has 1 N–H and O–H groups in total. The normalized spacial score (nSPS) is 13.6. The van der Waals surface area contributed by atoms with Gasteiger partial charge in [0.25, 0.3) is 0 Å². The lowest BCUT2D eigenvalue weighted by Crippen LogP contribution is -2.50. The van der Waals surface area contributed by atoms with Crippen molar-refractivity contribution in [2.24, 2.45) is 0 Å². The number of amides is 1. The van der Waals surface area contributed by atoms with Gasteiger partial charge in [-0.1, -0.05) is 42.5 Å². The van der Waals surface area contributed by atoms with Gasteiger partial charge in [0.2, 0.25) is 15.9 Å². The van der Waals surface area contributed by atoms with Crippen molar-refractivity contribution >= 4 is 21.6 Å². The zero-order valence-electron chi connectivity index (χ0n) is 16.3. The smallest absolute Gasteiger partial charge is 0.243 e. The number of sulfonamides is 1. The number of nitrogens with zero attached hydrogens (tertiary/aromatic N) is 1. The molecular weight excluding hydrogens is 360 g/mol. The van der Waals surface area contributed by atoms with Crippen molar-refractivity contribution in [1.82, 2.24) is 5.32 Å². The lowest BCUT2D eigenvalue weighted by Gasteiger charge is -2.29. The molecular formula is C21H28N2O3S. The Labute approximate surface area is 162 Å². The average molecular weight is 389 g/mol. The zero-order valence-corrected chi connectivity index (χ0v) is 17.2. The van der Waals surface area contributed by atoms with Gasteiger partial charge in [0.05, 0.1) is 11.9 Å². The molecule has 1 amide bonds. The Morgan fingerprint density at radius 3 is 2.33 bits per heavy atom. The van der Waals surface area contributed by atoms with E-state index >= 15 is 0 Å². The van der Waals surface area contributed by atoms with Gasteiger partial charge in [0.1, 0.15) is 6.04 Å². The highest BCUT2D eigenvalue weighted by Gasteiger charge is 2.29. The SMILES string of the molecule is Cc1cccc(N([C@H](C)C(=O)N[C@@H](C)CCc2ccccc2)S(C)(=O)=O)c1. The molecule has 0 saturated carbocycles. The van der Waals surface area contributed by atoms with E-state index in [2.05, 4.69) is 17.4 Å². The van der Waals surface area contributed by atoms with E-state index < -0.39 is 16.1 Å². The molecule has 2 aromatic carbocycles. The molecule has 0 aliphatic rings. The Balaban J connectivity index is 2.06. The summed E-state index contributed by atoms with van der Waals surface area (Å²) in [6.45, 7) is 5.44. The maximum atomic E-state index is 12.7. The number of hydrogen-bond donors (Lipinski definition) is 1. The van der Waals surface area contributed by atoms with Crippen LogP contribution in [0.3, 0.4) is 0 Å². The van der Waals surface area contributed by atoms with Crippen molar-refractivity contribution in [2.75, 3.05) is 10.6 Å². The maximum Gasteiger partial charge on any atom is 0.243 e. The number of carbonyl (C=O) groups is 1. The van der Waals surface area contributed by atoms with Crippen LogP contribution in [0.2, 0.25) is 0 Å². The molecule has 0 aliphatic carbocycles. The molecule has 0 spiro atoms. The van der Waals surface area contributed by atoms with Crippen LogP contribution in [0.15, 0.2) is 54.6 Å². The molecule has 6 heteroatoms. The zero-order chi connectivity index (χ0) is 20.0. The van der Waals surface area contributed by atoms with Crippen LogP contribution in [0, 0.1) is 6.92 Å². The van der Waals surface area contributed by atoms with Crippen molar-refractivity contribution in [3.8, 4) is 0 Å². The molecule has 0 heterocycles. The van der Waals surface area contributed by atoms with E-state index in [9.17, 15) is 13.2 Å². The van der Waals surface area contributed by atoms with Crippen LogP contribution in [0.25, 0.3) is 0 Å². The molecule has 0 aliphatic heterocycles. The summed E-state index contributed by atoms with van der Waals surface area (Å²) in [7, 11) is -3.60. The number of carbonyl (C=O) groups excluding carboxylic acids is 1. The van der Waals surface area contributed by atoms with Gasteiger partial charge < -0.3 is 5.32 Å². The average Bonchev–Trinajstić information content (AvgIpc) is 2.60. The molecule has 2 rings (SSSR count). The van der Waals surface area contributed by atoms with Gasteiger partial charge in [-0.25, -0.2) is 8.42 Å². The first-order valence-electron chi connectivity index (χ1n) is 9.09. The second kappa shape index (κ2) is 9.04. The summed E-state index contributed by atoms with van der Waals surface area (Å²) in [5.74, 6) is -0.303. The van der Waals surface area contributed by atoms with Gasteiger partial charge in [0.15, 0.2) is 0 Å². The molecule has 2 atom stereocenters. The van der Waals surface area contributed by atoms with Crippen LogP contribution in [0.1, 0.15) is 31.4 Å². The fourth-order valence-electron chi connectivity index (χ4n) is 3.04. The second-order valence-electron chi connectivity index (χ2n) is 7.01. The number of benzene rings is 2. The molecule has 0 bridgehead atoms. The molecule has 0 saturated heterocycles. The second-order valence-corrected chi connectivity index (χ2v) is 8.87.